The van der Waals surface area contributed by atoms with Crippen LogP contribution in [0.3, 0.4) is 0 Å². The summed E-state index contributed by atoms with van der Waals surface area (Å²) in [5, 5.41) is 3.22. The van der Waals surface area contributed by atoms with Crippen molar-refractivity contribution in [3.63, 3.8) is 0 Å². The third-order valence-electron chi connectivity index (χ3n) is 5.16. The number of carbonyl (C=O) groups is 1. The number of nitrogens with zero attached hydrogens (tertiary/aromatic N) is 3. The lowest BCUT2D eigenvalue weighted by molar-refractivity contribution is -0.151. The van der Waals surface area contributed by atoms with E-state index in [-0.39, 0.29) is 24.7 Å². The molecule has 3 rings (SSSR count). The van der Waals surface area contributed by atoms with Gasteiger partial charge in [-0.2, -0.15) is 18.2 Å². The molecule has 186 valence electrons. The highest BCUT2D eigenvalue weighted by atomic mass is 35.5. The van der Waals surface area contributed by atoms with Gasteiger partial charge in [-0.15, -0.1) is 0 Å². The van der Waals surface area contributed by atoms with Gasteiger partial charge < -0.3 is 10.1 Å². The molecule has 1 heterocycles. The van der Waals surface area contributed by atoms with Gasteiger partial charge in [-0.3, -0.25) is 9.36 Å². The van der Waals surface area contributed by atoms with Crippen molar-refractivity contribution in [3.05, 3.63) is 85.6 Å². The number of methoxy groups -OCH3 is 1. The minimum absolute atomic E-state index is 0.0368. The Balaban J connectivity index is 2.08. The van der Waals surface area contributed by atoms with Crippen molar-refractivity contribution in [2.75, 3.05) is 12.4 Å². The van der Waals surface area contributed by atoms with Gasteiger partial charge in [-0.25, -0.2) is 14.2 Å². The molecule has 1 N–H and O–H groups in total. The predicted octanol–water partition coefficient (Wildman–Crippen LogP) is 4.07. The van der Waals surface area contributed by atoms with Crippen molar-refractivity contribution >= 4 is 29.2 Å². The molecule has 1 aromatic heterocycles. The molecule has 2 aromatic carbocycles. The van der Waals surface area contributed by atoms with Crippen molar-refractivity contribution in [3.8, 4) is 0 Å². The fraction of sp³-hybridized carbons (Fsp3) is 0.304. The Morgan fingerprint density at radius 1 is 1.03 bits per heavy atom. The first kappa shape index (κ1) is 26.0. The molecule has 0 fully saturated rings. The maximum Gasteiger partial charge on any atom is 0.416 e. The zero-order valence-corrected chi connectivity index (χ0v) is 19.8. The third-order valence-corrected chi connectivity index (χ3v) is 5.42. The molecule has 0 amide bonds. The Hall–Kier alpha value is -3.60. The minimum Gasteiger partial charge on any atom is -0.469 e. The number of hydrogen-bond acceptors (Lipinski definition) is 6. The Kier molecular flexibility index (Phi) is 7.39. The van der Waals surface area contributed by atoms with Gasteiger partial charge in [0.05, 0.1) is 24.6 Å². The van der Waals surface area contributed by atoms with E-state index < -0.39 is 34.5 Å². The van der Waals surface area contributed by atoms with Crippen molar-refractivity contribution < 1.29 is 22.7 Å². The van der Waals surface area contributed by atoms with Crippen LogP contribution in [-0.2, 0) is 28.8 Å². The van der Waals surface area contributed by atoms with Gasteiger partial charge in [0, 0.05) is 17.3 Å². The van der Waals surface area contributed by atoms with Gasteiger partial charge in [-0.05, 0) is 55.8 Å². The van der Waals surface area contributed by atoms with E-state index in [4.69, 9.17) is 16.3 Å². The Morgan fingerprint density at radius 2 is 1.63 bits per heavy atom. The first-order valence-electron chi connectivity index (χ1n) is 10.3. The van der Waals surface area contributed by atoms with Gasteiger partial charge in [0.2, 0.25) is 5.95 Å². The van der Waals surface area contributed by atoms with E-state index in [1.54, 1.807) is 24.3 Å². The molecule has 3 aromatic rings. The number of anilines is 2. The molecule has 12 heteroatoms. The first-order chi connectivity index (χ1) is 16.3. The number of carbonyl (C=O) groups excluding carboxylic acids is 1. The summed E-state index contributed by atoms with van der Waals surface area (Å²) in [5.74, 6) is -0.804. The van der Waals surface area contributed by atoms with Crippen LogP contribution in [0.1, 0.15) is 25.0 Å². The molecule has 0 aliphatic rings. The van der Waals surface area contributed by atoms with Crippen molar-refractivity contribution in [2.45, 2.75) is 33.1 Å². The molecular weight excluding hydrogens is 489 g/mol. The molecule has 0 radical (unpaired) electrons. The smallest absolute Gasteiger partial charge is 0.416 e. The number of ether oxygens (including phenoxy) is 1. The first-order valence-corrected chi connectivity index (χ1v) is 10.7. The van der Waals surface area contributed by atoms with Gasteiger partial charge in [0.15, 0.2) is 0 Å². The highest BCUT2D eigenvalue weighted by Gasteiger charge is 2.32. The molecule has 0 atom stereocenters. The van der Waals surface area contributed by atoms with Crippen LogP contribution in [0.4, 0.5) is 24.8 Å². The second kappa shape index (κ2) is 9.95. The van der Waals surface area contributed by atoms with E-state index in [0.717, 1.165) is 33.4 Å². The number of rotatable bonds is 7. The second-order valence-corrected chi connectivity index (χ2v) is 8.81. The number of aromatic nitrogens is 3. The summed E-state index contributed by atoms with van der Waals surface area (Å²) in [6, 6.07) is 10.6. The Morgan fingerprint density at radius 3 is 2.17 bits per heavy atom. The van der Waals surface area contributed by atoms with Gasteiger partial charge in [0.25, 0.3) is 0 Å². The highest BCUT2D eigenvalue weighted by Crippen LogP contribution is 2.30. The third kappa shape index (κ3) is 6.10. The van der Waals surface area contributed by atoms with Crippen LogP contribution in [0.25, 0.3) is 0 Å². The molecule has 8 nitrogen and oxygen atoms in total. The summed E-state index contributed by atoms with van der Waals surface area (Å²) in [5.41, 5.74) is -2.94. The van der Waals surface area contributed by atoms with Crippen molar-refractivity contribution in [1.29, 1.82) is 0 Å². The van der Waals surface area contributed by atoms with Crippen molar-refractivity contribution in [1.82, 2.24) is 14.1 Å². The zero-order chi connectivity index (χ0) is 26.0. The van der Waals surface area contributed by atoms with E-state index in [2.05, 4.69) is 10.3 Å². The van der Waals surface area contributed by atoms with Crippen LogP contribution in [0, 0.1) is 5.41 Å². The molecule has 0 bridgehead atoms. The van der Waals surface area contributed by atoms with Crippen molar-refractivity contribution in [2.24, 2.45) is 5.41 Å². The van der Waals surface area contributed by atoms with Crippen LogP contribution >= 0.6 is 11.6 Å². The number of nitrogens with one attached hydrogen (secondary N) is 1. The highest BCUT2D eigenvalue weighted by molar-refractivity contribution is 6.30. The lowest BCUT2D eigenvalue weighted by Gasteiger charge is -2.23. The number of benzene rings is 2. The fourth-order valence-corrected chi connectivity index (χ4v) is 3.41. The molecule has 0 spiro atoms. The minimum atomic E-state index is -4.51. The quantitative estimate of drug-likeness (QED) is 0.481. The largest absolute Gasteiger partial charge is 0.469 e. The predicted molar refractivity (Wildman–Crippen MR) is 124 cm³/mol. The summed E-state index contributed by atoms with van der Waals surface area (Å²) in [6.07, 6.45) is -4.51. The SMILES string of the molecule is COC(=O)C(C)(C)Cn1c(=O)nc(Nc2ccc(C(F)(F)F)cc2)n(Cc2ccc(Cl)cc2)c1=O. The van der Waals surface area contributed by atoms with Gasteiger partial charge in [0.1, 0.15) is 0 Å². The van der Waals surface area contributed by atoms with Crippen LogP contribution in [0.5, 0.6) is 0 Å². The van der Waals surface area contributed by atoms with E-state index >= 15 is 0 Å². The van der Waals surface area contributed by atoms with E-state index in [9.17, 15) is 27.6 Å². The molecule has 35 heavy (non-hydrogen) atoms. The Bertz CT molecular complexity index is 1330. The summed E-state index contributed by atoms with van der Waals surface area (Å²) in [6.45, 7) is 2.70. The van der Waals surface area contributed by atoms with Crippen LogP contribution < -0.4 is 16.7 Å². The number of alkyl halides is 3. The lowest BCUT2D eigenvalue weighted by atomic mass is 9.94. The lowest BCUT2D eigenvalue weighted by Crippen LogP contribution is -2.46. The molecule has 0 aliphatic heterocycles. The average Bonchev–Trinajstić information content (AvgIpc) is 2.79. The maximum atomic E-state index is 13.4. The molecule has 0 unspecified atom stereocenters. The van der Waals surface area contributed by atoms with Crippen LogP contribution in [0.2, 0.25) is 5.02 Å². The van der Waals surface area contributed by atoms with Gasteiger partial charge >= 0.3 is 23.5 Å². The average molecular weight is 511 g/mol. The van der Waals surface area contributed by atoms with E-state index in [1.807, 2.05) is 0 Å². The molecule has 0 aliphatic carbocycles. The zero-order valence-electron chi connectivity index (χ0n) is 19.0. The number of esters is 1. The normalized spacial score (nSPS) is 11.9. The van der Waals surface area contributed by atoms with Gasteiger partial charge in [-0.1, -0.05) is 23.7 Å². The molecular formula is C23H22ClF3N4O4. The second-order valence-electron chi connectivity index (χ2n) is 8.37. The summed E-state index contributed by atoms with van der Waals surface area (Å²) in [7, 11) is 1.20. The van der Waals surface area contributed by atoms with E-state index in [1.165, 1.54) is 21.0 Å². The monoisotopic (exact) mass is 510 g/mol. The van der Waals surface area contributed by atoms with E-state index in [0.29, 0.717) is 10.6 Å². The summed E-state index contributed by atoms with van der Waals surface area (Å²) in [4.78, 5) is 42.2. The van der Waals surface area contributed by atoms with Crippen LogP contribution in [0.15, 0.2) is 58.1 Å². The topological polar surface area (TPSA) is 95.2 Å². The summed E-state index contributed by atoms with van der Waals surface area (Å²) < 4.78 is 45.4. The molecule has 0 saturated heterocycles. The number of halogens is 4. The maximum absolute atomic E-state index is 13.4. The summed E-state index contributed by atoms with van der Waals surface area (Å²) >= 11 is 5.93. The standard InChI is InChI=1S/C23H22ClF3N4O4/c1-22(2,18(32)35-3)13-31-20(33)29-19(28-17-10-6-15(7-11-17)23(25,26)27)30(21(31)34)12-14-4-8-16(24)9-5-14/h4-11H,12-13H2,1-3H3,(H,28,29,33). The molecule has 0 saturated carbocycles. The Labute approximate surface area is 202 Å². The number of hydrogen-bond donors (Lipinski definition) is 1. The van der Waals surface area contributed by atoms with Crippen LogP contribution in [-0.4, -0.2) is 27.2 Å². The fourth-order valence-electron chi connectivity index (χ4n) is 3.28.